The van der Waals surface area contributed by atoms with Crippen LogP contribution in [0.4, 0.5) is 13.2 Å². The molecule has 28 heavy (non-hydrogen) atoms. The lowest BCUT2D eigenvalue weighted by atomic mass is 9.84. The van der Waals surface area contributed by atoms with Gasteiger partial charge < -0.3 is 20.5 Å². The molecule has 1 aliphatic heterocycles. The average molecular weight is 402 g/mol. The van der Waals surface area contributed by atoms with Crippen LogP contribution < -0.4 is 10.6 Å². The molecule has 2 unspecified atom stereocenters. The van der Waals surface area contributed by atoms with E-state index in [1.807, 2.05) is 30.3 Å². The van der Waals surface area contributed by atoms with E-state index in [-0.39, 0.29) is 38.6 Å². The summed E-state index contributed by atoms with van der Waals surface area (Å²) in [7, 11) is 0. The lowest BCUT2D eigenvalue weighted by Gasteiger charge is -2.35. The predicted octanol–water partition coefficient (Wildman–Crippen LogP) is 2.44. The normalized spacial score (nSPS) is 23.2. The van der Waals surface area contributed by atoms with Gasteiger partial charge in [0.05, 0.1) is 6.61 Å². The number of carbonyl (C=O) groups excluding carboxylic acids is 1. The minimum absolute atomic E-state index is 0.0364. The van der Waals surface area contributed by atoms with Gasteiger partial charge in [-0.1, -0.05) is 30.3 Å². The molecule has 1 aliphatic rings. The molecule has 0 spiro atoms. The lowest BCUT2D eigenvalue weighted by Crippen LogP contribution is -2.59. The Bertz CT molecular complexity index is 598. The van der Waals surface area contributed by atoms with Crippen molar-refractivity contribution in [1.82, 2.24) is 10.6 Å². The fourth-order valence-corrected chi connectivity index (χ4v) is 3.54. The number of ether oxygens (including phenoxy) is 1. The van der Waals surface area contributed by atoms with Gasteiger partial charge >= 0.3 is 6.18 Å². The van der Waals surface area contributed by atoms with Crippen LogP contribution in [0.15, 0.2) is 30.3 Å². The molecule has 5 nitrogen and oxygen atoms in total. The van der Waals surface area contributed by atoms with Crippen LogP contribution in [-0.4, -0.2) is 55.6 Å². The van der Waals surface area contributed by atoms with E-state index in [1.165, 1.54) is 0 Å². The van der Waals surface area contributed by atoms with Crippen LogP contribution >= 0.6 is 0 Å². The molecule has 1 amide bonds. The first-order valence-corrected chi connectivity index (χ1v) is 9.73. The first-order valence-electron chi connectivity index (χ1n) is 9.73. The standard InChI is InChI=1S/C20H29F3N2O3/c21-20(22,23)19(18(27)25-11-10-24-12-13-26)15-17(7-4-14-28-19)9-8-16-5-2-1-3-6-16/h1-3,5-6,17,24,26H,4,7-15H2,(H,25,27). The molecule has 0 radical (unpaired) electrons. The summed E-state index contributed by atoms with van der Waals surface area (Å²) in [6, 6.07) is 9.62. The zero-order chi connectivity index (χ0) is 20.5. The van der Waals surface area contributed by atoms with E-state index in [1.54, 1.807) is 0 Å². The SMILES string of the molecule is O=C(NCCNCCO)C1(C(F)(F)F)CC(CCc2ccccc2)CCCO1. The van der Waals surface area contributed by atoms with Crippen LogP contribution in [0.2, 0.25) is 0 Å². The molecule has 3 N–H and O–H groups in total. The summed E-state index contributed by atoms with van der Waals surface area (Å²) >= 11 is 0. The summed E-state index contributed by atoms with van der Waals surface area (Å²) in [5.41, 5.74) is -1.73. The minimum Gasteiger partial charge on any atom is -0.395 e. The summed E-state index contributed by atoms with van der Waals surface area (Å²) in [5.74, 6) is -1.37. The summed E-state index contributed by atoms with van der Waals surface area (Å²) in [4.78, 5) is 12.5. The highest BCUT2D eigenvalue weighted by Crippen LogP contribution is 2.42. The molecule has 0 bridgehead atoms. The van der Waals surface area contributed by atoms with Gasteiger partial charge in [-0.2, -0.15) is 13.2 Å². The Morgan fingerprint density at radius 2 is 1.96 bits per heavy atom. The Kier molecular flexibility index (Phi) is 8.72. The van der Waals surface area contributed by atoms with Crippen molar-refractivity contribution >= 4 is 5.91 Å². The maximum Gasteiger partial charge on any atom is 0.426 e. The van der Waals surface area contributed by atoms with Gasteiger partial charge in [-0.3, -0.25) is 4.79 Å². The molecule has 8 heteroatoms. The van der Waals surface area contributed by atoms with Crippen molar-refractivity contribution in [1.29, 1.82) is 0 Å². The second-order valence-corrected chi connectivity index (χ2v) is 7.14. The van der Waals surface area contributed by atoms with Gasteiger partial charge in [-0.05, 0) is 43.6 Å². The van der Waals surface area contributed by atoms with E-state index in [9.17, 15) is 18.0 Å². The second-order valence-electron chi connectivity index (χ2n) is 7.14. The number of benzene rings is 1. The number of hydrogen-bond donors (Lipinski definition) is 3. The summed E-state index contributed by atoms with van der Waals surface area (Å²) in [5, 5.41) is 13.9. The largest absolute Gasteiger partial charge is 0.426 e. The quantitative estimate of drug-likeness (QED) is 0.555. The fourth-order valence-electron chi connectivity index (χ4n) is 3.54. The number of rotatable bonds is 9. The third-order valence-electron chi connectivity index (χ3n) is 5.07. The zero-order valence-corrected chi connectivity index (χ0v) is 15.9. The number of carbonyl (C=O) groups is 1. The summed E-state index contributed by atoms with van der Waals surface area (Å²) in [6.45, 7) is 0.467. The number of aliphatic hydroxyl groups excluding tert-OH is 1. The molecule has 1 fully saturated rings. The molecule has 1 saturated heterocycles. The van der Waals surface area contributed by atoms with Gasteiger partial charge in [-0.15, -0.1) is 0 Å². The molecule has 1 aromatic rings. The van der Waals surface area contributed by atoms with Crippen molar-refractivity contribution in [3.8, 4) is 0 Å². The van der Waals surface area contributed by atoms with Crippen LogP contribution in [0.1, 0.15) is 31.2 Å². The third-order valence-corrected chi connectivity index (χ3v) is 5.07. The van der Waals surface area contributed by atoms with E-state index in [4.69, 9.17) is 9.84 Å². The highest BCUT2D eigenvalue weighted by molar-refractivity contribution is 5.86. The van der Waals surface area contributed by atoms with Gasteiger partial charge in [0, 0.05) is 26.2 Å². The van der Waals surface area contributed by atoms with E-state index < -0.39 is 17.7 Å². The first kappa shape index (κ1) is 22.6. The lowest BCUT2D eigenvalue weighted by molar-refractivity contribution is -0.269. The van der Waals surface area contributed by atoms with Gasteiger partial charge in [0.2, 0.25) is 5.60 Å². The Morgan fingerprint density at radius 3 is 2.64 bits per heavy atom. The highest BCUT2D eigenvalue weighted by atomic mass is 19.4. The maximum atomic E-state index is 14.0. The van der Waals surface area contributed by atoms with E-state index in [2.05, 4.69) is 10.6 Å². The predicted molar refractivity (Wildman–Crippen MR) is 99.8 cm³/mol. The van der Waals surface area contributed by atoms with Gasteiger partial charge in [0.15, 0.2) is 0 Å². The molecule has 158 valence electrons. The summed E-state index contributed by atoms with van der Waals surface area (Å²) in [6.07, 6.45) is -2.79. The Hall–Kier alpha value is -1.64. The average Bonchev–Trinajstić information content (AvgIpc) is 2.90. The van der Waals surface area contributed by atoms with Crippen molar-refractivity contribution < 1.29 is 27.8 Å². The third kappa shape index (κ3) is 6.18. The number of amides is 1. The number of halogens is 3. The fraction of sp³-hybridized carbons (Fsp3) is 0.650. The molecule has 1 aromatic carbocycles. The van der Waals surface area contributed by atoms with Crippen LogP contribution in [0.5, 0.6) is 0 Å². The number of aliphatic hydroxyl groups is 1. The van der Waals surface area contributed by atoms with Crippen molar-refractivity contribution in [3.63, 3.8) is 0 Å². The molecule has 1 heterocycles. The van der Waals surface area contributed by atoms with Crippen LogP contribution in [-0.2, 0) is 16.0 Å². The monoisotopic (exact) mass is 402 g/mol. The van der Waals surface area contributed by atoms with Gasteiger partial charge in [0.1, 0.15) is 0 Å². The van der Waals surface area contributed by atoms with Crippen molar-refractivity contribution in [2.75, 3.05) is 32.8 Å². The maximum absolute atomic E-state index is 14.0. The topological polar surface area (TPSA) is 70.6 Å². The molecule has 2 rings (SSSR count). The van der Waals surface area contributed by atoms with E-state index in [0.29, 0.717) is 32.2 Å². The number of aryl methyl sites for hydroxylation is 1. The van der Waals surface area contributed by atoms with Crippen LogP contribution in [0, 0.1) is 5.92 Å². The molecular formula is C20H29F3N2O3. The van der Waals surface area contributed by atoms with Crippen molar-refractivity contribution in [2.45, 2.75) is 43.9 Å². The smallest absolute Gasteiger partial charge is 0.395 e. The molecular weight excluding hydrogens is 373 g/mol. The summed E-state index contributed by atoms with van der Waals surface area (Å²) < 4.78 is 47.1. The van der Waals surface area contributed by atoms with Crippen LogP contribution in [0.3, 0.4) is 0 Å². The Balaban J connectivity index is 2.04. The van der Waals surface area contributed by atoms with Gasteiger partial charge in [0.25, 0.3) is 5.91 Å². The molecule has 0 aromatic heterocycles. The zero-order valence-electron chi connectivity index (χ0n) is 15.9. The van der Waals surface area contributed by atoms with Crippen LogP contribution in [0.25, 0.3) is 0 Å². The molecule has 0 aliphatic carbocycles. The number of nitrogens with one attached hydrogen (secondary N) is 2. The first-order chi connectivity index (χ1) is 13.4. The second kappa shape index (κ2) is 10.8. The highest BCUT2D eigenvalue weighted by Gasteiger charge is 2.62. The number of hydrogen-bond acceptors (Lipinski definition) is 4. The van der Waals surface area contributed by atoms with E-state index >= 15 is 0 Å². The van der Waals surface area contributed by atoms with E-state index in [0.717, 1.165) is 5.56 Å². The Labute approximate surface area is 163 Å². The van der Waals surface area contributed by atoms with Gasteiger partial charge in [-0.25, -0.2) is 0 Å². The Morgan fingerprint density at radius 1 is 1.21 bits per heavy atom. The molecule has 2 atom stereocenters. The molecule has 0 saturated carbocycles. The van der Waals surface area contributed by atoms with Crippen molar-refractivity contribution in [3.05, 3.63) is 35.9 Å². The van der Waals surface area contributed by atoms with Crippen molar-refractivity contribution in [2.24, 2.45) is 5.92 Å². The minimum atomic E-state index is -4.79. The number of alkyl halides is 3.